The molecule has 1 N–H and O–H groups in total. The molecule has 1 aliphatic rings. The summed E-state index contributed by atoms with van der Waals surface area (Å²) in [4.78, 5) is 23.8. The number of anilines is 1. The molecule has 1 saturated heterocycles. The van der Waals surface area contributed by atoms with Gasteiger partial charge in [-0.15, -0.1) is 0 Å². The first kappa shape index (κ1) is 15.2. The number of amides is 1. The van der Waals surface area contributed by atoms with E-state index >= 15 is 0 Å². The largest absolute Gasteiger partial charge is 0.497 e. The Hall–Kier alpha value is -2.24. The van der Waals surface area contributed by atoms with Crippen molar-refractivity contribution >= 4 is 17.6 Å². The highest BCUT2D eigenvalue weighted by Crippen LogP contribution is 2.35. The highest BCUT2D eigenvalue weighted by Gasteiger charge is 2.46. The molecule has 0 spiro atoms. The highest BCUT2D eigenvalue weighted by molar-refractivity contribution is 5.97. The van der Waals surface area contributed by atoms with Gasteiger partial charge in [0, 0.05) is 6.07 Å². The molecule has 1 aromatic rings. The molecule has 114 valence electrons. The molecule has 0 radical (unpaired) electrons. The number of rotatable bonds is 4. The summed E-state index contributed by atoms with van der Waals surface area (Å²) < 4.78 is 15.5. The molecule has 1 fully saturated rings. The van der Waals surface area contributed by atoms with Crippen LogP contribution in [0.25, 0.3) is 0 Å². The maximum Gasteiger partial charge on any atom is 0.307 e. The van der Waals surface area contributed by atoms with Crippen LogP contribution in [0.15, 0.2) is 18.2 Å². The maximum atomic E-state index is 12.4. The minimum atomic E-state index is -0.805. The third-order valence-corrected chi connectivity index (χ3v) is 3.57. The lowest BCUT2D eigenvalue weighted by Crippen LogP contribution is -2.36. The molecule has 1 amide bonds. The minimum Gasteiger partial charge on any atom is -0.497 e. The van der Waals surface area contributed by atoms with E-state index in [1.807, 2.05) is 0 Å². The van der Waals surface area contributed by atoms with E-state index in [-0.39, 0.29) is 18.3 Å². The number of hydrogen-bond acceptors (Lipinski definition) is 5. The number of methoxy groups -OCH3 is 2. The molecular weight excluding hydrogens is 274 g/mol. The van der Waals surface area contributed by atoms with Crippen molar-refractivity contribution in [1.29, 1.82) is 0 Å². The molecule has 0 unspecified atom stereocenters. The zero-order valence-corrected chi connectivity index (χ0v) is 12.6. The molecule has 6 heteroatoms. The van der Waals surface area contributed by atoms with Crippen LogP contribution in [0.5, 0.6) is 11.5 Å². The molecule has 1 aromatic carbocycles. The second-order valence-electron chi connectivity index (χ2n) is 5.39. The Balaban J connectivity index is 2.18. The van der Waals surface area contributed by atoms with Gasteiger partial charge < -0.3 is 19.5 Å². The average molecular weight is 293 g/mol. The monoisotopic (exact) mass is 293 g/mol. The third-order valence-electron chi connectivity index (χ3n) is 3.57. The van der Waals surface area contributed by atoms with Gasteiger partial charge in [0.25, 0.3) is 0 Å². The highest BCUT2D eigenvalue weighted by atomic mass is 16.6. The van der Waals surface area contributed by atoms with Gasteiger partial charge in [-0.05, 0) is 26.0 Å². The number of carbonyl (C=O) groups is 2. The lowest BCUT2D eigenvalue weighted by molar-refractivity contribution is -0.147. The van der Waals surface area contributed by atoms with E-state index in [0.29, 0.717) is 17.2 Å². The normalized spacial score (nSPS) is 19.8. The topological polar surface area (TPSA) is 73.9 Å². The van der Waals surface area contributed by atoms with Crippen LogP contribution in [-0.4, -0.2) is 31.7 Å². The summed E-state index contributed by atoms with van der Waals surface area (Å²) in [6, 6.07) is 5.09. The second-order valence-corrected chi connectivity index (χ2v) is 5.39. The quantitative estimate of drug-likeness (QED) is 0.859. The van der Waals surface area contributed by atoms with Crippen molar-refractivity contribution in [2.75, 3.05) is 19.5 Å². The number of hydrogen-bond donors (Lipinski definition) is 1. The first-order valence-electron chi connectivity index (χ1n) is 6.62. The summed E-state index contributed by atoms with van der Waals surface area (Å²) in [5.74, 6) is -0.0386. The van der Waals surface area contributed by atoms with E-state index < -0.39 is 11.5 Å². The SMILES string of the molecule is COc1ccc(NC(=O)[C@H]2CC(=O)OC2(C)C)c(OC)c1. The summed E-state index contributed by atoms with van der Waals surface area (Å²) in [5.41, 5.74) is -0.278. The van der Waals surface area contributed by atoms with E-state index in [9.17, 15) is 9.59 Å². The molecule has 0 saturated carbocycles. The fourth-order valence-electron chi connectivity index (χ4n) is 2.35. The predicted octanol–water partition coefficient (Wildman–Crippen LogP) is 1.98. The number of esters is 1. The summed E-state index contributed by atoms with van der Waals surface area (Å²) >= 11 is 0. The van der Waals surface area contributed by atoms with E-state index in [0.717, 1.165) is 0 Å². The molecule has 1 aliphatic heterocycles. The summed E-state index contributed by atoms with van der Waals surface area (Å²) in [6.45, 7) is 3.46. The van der Waals surface area contributed by atoms with Crippen LogP contribution in [0.2, 0.25) is 0 Å². The summed E-state index contributed by atoms with van der Waals surface area (Å²) in [6.07, 6.45) is 0.0807. The average Bonchev–Trinajstić information content (AvgIpc) is 2.72. The lowest BCUT2D eigenvalue weighted by Gasteiger charge is -2.24. The van der Waals surface area contributed by atoms with Crippen molar-refractivity contribution in [3.8, 4) is 11.5 Å². The summed E-state index contributed by atoms with van der Waals surface area (Å²) in [5, 5.41) is 2.78. The van der Waals surface area contributed by atoms with Crippen LogP contribution < -0.4 is 14.8 Å². The van der Waals surface area contributed by atoms with Crippen LogP contribution >= 0.6 is 0 Å². The number of nitrogens with one attached hydrogen (secondary N) is 1. The van der Waals surface area contributed by atoms with Gasteiger partial charge in [-0.3, -0.25) is 9.59 Å². The Bertz CT molecular complexity index is 567. The standard InChI is InChI=1S/C15H19NO5/c1-15(2)10(8-13(17)21-15)14(18)16-11-6-5-9(19-3)7-12(11)20-4/h5-7,10H,8H2,1-4H3,(H,16,18)/t10-/m1/s1. The fraction of sp³-hybridized carbons (Fsp3) is 0.467. The van der Waals surface area contributed by atoms with E-state index in [2.05, 4.69) is 5.32 Å². The van der Waals surface area contributed by atoms with E-state index in [1.54, 1.807) is 39.2 Å². The molecular formula is C15H19NO5. The van der Waals surface area contributed by atoms with Gasteiger partial charge in [-0.25, -0.2) is 0 Å². The summed E-state index contributed by atoms with van der Waals surface area (Å²) in [7, 11) is 3.06. The van der Waals surface area contributed by atoms with E-state index in [4.69, 9.17) is 14.2 Å². The van der Waals surface area contributed by atoms with Gasteiger partial charge in [-0.1, -0.05) is 0 Å². The van der Waals surface area contributed by atoms with Crippen molar-refractivity contribution in [2.45, 2.75) is 25.9 Å². The number of carbonyl (C=O) groups excluding carboxylic acids is 2. The zero-order chi connectivity index (χ0) is 15.6. The molecule has 0 aromatic heterocycles. The molecule has 0 aliphatic carbocycles. The maximum absolute atomic E-state index is 12.4. The first-order valence-corrected chi connectivity index (χ1v) is 6.62. The van der Waals surface area contributed by atoms with Gasteiger partial charge in [0.05, 0.1) is 32.2 Å². The van der Waals surface area contributed by atoms with Crippen molar-refractivity contribution < 1.29 is 23.8 Å². The van der Waals surface area contributed by atoms with Crippen molar-refractivity contribution in [3.05, 3.63) is 18.2 Å². The van der Waals surface area contributed by atoms with Crippen molar-refractivity contribution in [2.24, 2.45) is 5.92 Å². The Morgan fingerprint density at radius 1 is 1.33 bits per heavy atom. The molecule has 6 nitrogen and oxygen atoms in total. The van der Waals surface area contributed by atoms with Gasteiger partial charge in [0.2, 0.25) is 5.91 Å². The number of cyclic esters (lactones) is 1. The van der Waals surface area contributed by atoms with Crippen LogP contribution in [0.1, 0.15) is 20.3 Å². The first-order chi connectivity index (χ1) is 9.87. The molecule has 0 bridgehead atoms. The van der Waals surface area contributed by atoms with Crippen LogP contribution in [0.3, 0.4) is 0 Å². The number of ether oxygens (including phenoxy) is 3. The molecule has 1 atom stereocenters. The second kappa shape index (κ2) is 5.63. The van der Waals surface area contributed by atoms with Gasteiger partial charge in [0.1, 0.15) is 17.1 Å². The van der Waals surface area contributed by atoms with Crippen LogP contribution in [0.4, 0.5) is 5.69 Å². The Morgan fingerprint density at radius 2 is 2.05 bits per heavy atom. The lowest BCUT2D eigenvalue weighted by atomic mass is 9.90. The van der Waals surface area contributed by atoms with Gasteiger partial charge >= 0.3 is 5.97 Å². The Labute approximate surface area is 123 Å². The Kier molecular flexibility index (Phi) is 4.06. The number of benzene rings is 1. The van der Waals surface area contributed by atoms with E-state index in [1.165, 1.54) is 7.11 Å². The van der Waals surface area contributed by atoms with Gasteiger partial charge in [0.15, 0.2) is 0 Å². The van der Waals surface area contributed by atoms with Gasteiger partial charge in [-0.2, -0.15) is 0 Å². The third kappa shape index (κ3) is 3.09. The molecule has 21 heavy (non-hydrogen) atoms. The van der Waals surface area contributed by atoms with Crippen LogP contribution in [-0.2, 0) is 14.3 Å². The molecule has 1 heterocycles. The van der Waals surface area contributed by atoms with Crippen molar-refractivity contribution in [1.82, 2.24) is 0 Å². The minimum absolute atomic E-state index is 0.0807. The molecule has 2 rings (SSSR count). The fourth-order valence-corrected chi connectivity index (χ4v) is 2.35. The van der Waals surface area contributed by atoms with Crippen LogP contribution in [0, 0.1) is 5.92 Å². The smallest absolute Gasteiger partial charge is 0.307 e. The zero-order valence-electron chi connectivity index (χ0n) is 12.6. The predicted molar refractivity (Wildman–Crippen MR) is 76.5 cm³/mol. The van der Waals surface area contributed by atoms with Crippen molar-refractivity contribution in [3.63, 3.8) is 0 Å². The Morgan fingerprint density at radius 3 is 2.57 bits per heavy atom.